The molecule has 1 rings (SSSR count). The summed E-state index contributed by atoms with van der Waals surface area (Å²) in [5, 5.41) is 3.29. The average molecular weight is 201 g/mol. The van der Waals surface area contributed by atoms with Gasteiger partial charge in [0.15, 0.2) is 0 Å². The third-order valence-corrected chi connectivity index (χ3v) is 3.11. The van der Waals surface area contributed by atoms with Crippen molar-refractivity contribution in [1.29, 1.82) is 0 Å². The van der Waals surface area contributed by atoms with Gasteiger partial charge in [-0.3, -0.25) is 0 Å². The van der Waals surface area contributed by atoms with Gasteiger partial charge in [0, 0.05) is 11.5 Å². The van der Waals surface area contributed by atoms with Gasteiger partial charge in [-0.05, 0) is 20.9 Å². The molecule has 0 aromatic heterocycles. The van der Waals surface area contributed by atoms with Crippen molar-refractivity contribution in [3.05, 3.63) is 11.6 Å². The van der Waals surface area contributed by atoms with E-state index in [1.807, 2.05) is 18.8 Å². The maximum atomic E-state index is 5.70. The zero-order valence-electron chi connectivity index (χ0n) is 8.67. The van der Waals surface area contributed by atoms with E-state index in [0.717, 1.165) is 18.1 Å². The summed E-state index contributed by atoms with van der Waals surface area (Å²) < 4.78 is 5.70. The quantitative estimate of drug-likeness (QED) is 0.702. The summed E-state index contributed by atoms with van der Waals surface area (Å²) in [5.74, 6) is 2.25. The second kappa shape index (κ2) is 5.68. The van der Waals surface area contributed by atoms with Gasteiger partial charge in [0.2, 0.25) is 0 Å². The monoisotopic (exact) mass is 201 g/mol. The molecule has 1 aliphatic rings. The summed E-state index contributed by atoms with van der Waals surface area (Å²) in [5.41, 5.74) is 1.35. The van der Waals surface area contributed by atoms with Crippen LogP contribution < -0.4 is 5.32 Å². The largest absolute Gasteiger partial charge is 0.375 e. The molecule has 0 aromatic rings. The van der Waals surface area contributed by atoms with Crippen LogP contribution in [0.1, 0.15) is 13.8 Å². The summed E-state index contributed by atoms with van der Waals surface area (Å²) in [6, 6.07) is 0.373. The zero-order valence-corrected chi connectivity index (χ0v) is 9.49. The Morgan fingerprint density at radius 2 is 2.38 bits per heavy atom. The summed E-state index contributed by atoms with van der Waals surface area (Å²) in [4.78, 5) is 0. The Labute approximate surface area is 85.1 Å². The molecule has 13 heavy (non-hydrogen) atoms. The Kier molecular flexibility index (Phi) is 4.84. The number of thioether (sulfide) groups is 1. The van der Waals surface area contributed by atoms with Crippen LogP contribution in [0.5, 0.6) is 0 Å². The van der Waals surface area contributed by atoms with E-state index in [4.69, 9.17) is 4.74 Å². The lowest BCUT2D eigenvalue weighted by Crippen LogP contribution is -2.42. The fourth-order valence-corrected chi connectivity index (χ4v) is 2.37. The van der Waals surface area contributed by atoms with E-state index in [0.29, 0.717) is 12.1 Å². The molecule has 0 bridgehead atoms. The van der Waals surface area contributed by atoms with Crippen molar-refractivity contribution in [3.8, 4) is 0 Å². The molecule has 0 aromatic carbocycles. The highest BCUT2D eigenvalue weighted by molar-refractivity contribution is 7.99. The summed E-state index contributed by atoms with van der Waals surface area (Å²) >= 11 is 1.98. The average Bonchev–Trinajstić information content (AvgIpc) is 2.15. The first-order valence-electron chi connectivity index (χ1n) is 4.75. The van der Waals surface area contributed by atoms with Gasteiger partial charge in [0.05, 0.1) is 18.8 Å². The van der Waals surface area contributed by atoms with Gasteiger partial charge in [-0.15, -0.1) is 0 Å². The lowest BCUT2D eigenvalue weighted by molar-refractivity contribution is 0.0603. The molecule has 0 spiro atoms. The van der Waals surface area contributed by atoms with Crippen LogP contribution in [0.25, 0.3) is 0 Å². The maximum Gasteiger partial charge on any atom is 0.0854 e. The van der Waals surface area contributed by atoms with Gasteiger partial charge < -0.3 is 10.1 Å². The number of allylic oxidation sites excluding steroid dienone is 1. The molecule has 2 unspecified atom stereocenters. The second-order valence-electron chi connectivity index (χ2n) is 3.54. The van der Waals surface area contributed by atoms with E-state index in [9.17, 15) is 0 Å². The smallest absolute Gasteiger partial charge is 0.0854 e. The highest BCUT2D eigenvalue weighted by atomic mass is 32.2. The van der Waals surface area contributed by atoms with Crippen LogP contribution in [-0.2, 0) is 4.74 Å². The predicted molar refractivity (Wildman–Crippen MR) is 59.3 cm³/mol. The number of nitrogens with one attached hydrogen (secondary N) is 1. The molecule has 2 atom stereocenters. The van der Waals surface area contributed by atoms with Crippen LogP contribution in [0.4, 0.5) is 0 Å². The van der Waals surface area contributed by atoms with Crippen LogP contribution in [0.3, 0.4) is 0 Å². The van der Waals surface area contributed by atoms with Crippen LogP contribution in [0.2, 0.25) is 0 Å². The molecule has 1 N–H and O–H groups in total. The van der Waals surface area contributed by atoms with Crippen molar-refractivity contribution in [1.82, 2.24) is 5.32 Å². The number of rotatable bonds is 3. The van der Waals surface area contributed by atoms with Crippen LogP contribution in [-0.4, -0.2) is 37.3 Å². The van der Waals surface area contributed by atoms with Crippen molar-refractivity contribution in [3.63, 3.8) is 0 Å². The number of ether oxygens (including phenoxy) is 1. The van der Waals surface area contributed by atoms with Crippen LogP contribution >= 0.6 is 11.8 Å². The van der Waals surface area contributed by atoms with E-state index >= 15 is 0 Å². The van der Waals surface area contributed by atoms with Crippen molar-refractivity contribution in [2.45, 2.75) is 26.0 Å². The Morgan fingerprint density at radius 3 is 2.85 bits per heavy atom. The Hall–Kier alpha value is 0.01000. The zero-order chi connectivity index (χ0) is 9.68. The van der Waals surface area contributed by atoms with Gasteiger partial charge >= 0.3 is 0 Å². The molecule has 0 aliphatic carbocycles. The molecule has 0 radical (unpaired) electrons. The highest BCUT2D eigenvalue weighted by Crippen LogP contribution is 2.16. The Balaban J connectivity index is 2.49. The fourth-order valence-electron chi connectivity index (χ4n) is 1.45. The Bertz CT molecular complexity index is 172. The molecule has 3 heteroatoms. The molecular weight excluding hydrogens is 182 g/mol. The molecule has 1 saturated heterocycles. The topological polar surface area (TPSA) is 21.3 Å². The van der Waals surface area contributed by atoms with Crippen molar-refractivity contribution in [2.24, 2.45) is 0 Å². The first kappa shape index (κ1) is 11.1. The minimum atomic E-state index is 0.346. The van der Waals surface area contributed by atoms with Gasteiger partial charge in [-0.25, -0.2) is 0 Å². The van der Waals surface area contributed by atoms with Crippen LogP contribution in [0.15, 0.2) is 11.6 Å². The number of hydrogen-bond donors (Lipinski definition) is 1. The van der Waals surface area contributed by atoms with Crippen molar-refractivity contribution in [2.75, 3.05) is 25.2 Å². The minimum Gasteiger partial charge on any atom is -0.375 e. The molecule has 0 saturated carbocycles. The van der Waals surface area contributed by atoms with Crippen molar-refractivity contribution >= 4 is 11.8 Å². The third kappa shape index (κ3) is 3.71. The highest BCUT2D eigenvalue weighted by Gasteiger charge is 2.21. The first-order chi connectivity index (χ1) is 6.24. The lowest BCUT2D eigenvalue weighted by atomic mass is 10.1. The lowest BCUT2D eigenvalue weighted by Gasteiger charge is -2.28. The molecule has 2 nitrogen and oxygen atoms in total. The summed E-state index contributed by atoms with van der Waals surface area (Å²) in [6.07, 6.45) is 2.59. The standard InChI is InChI=1S/C10H19NOS/c1-8(2)6-9(11-3)10-7-13-5-4-12-10/h6,9-11H,4-5,7H2,1-3H3. The molecule has 1 aliphatic heterocycles. The van der Waals surface area contributed by atoms with E-state index in [1.165, 1.54) is 5.57 Å². The van der Waals surface area contributed by atoms with Gasteiger partial charge in [-0.2, -0.15) is 11.8 Å². The third-order valence-electron chi connectivity index (χ3n) is 2.09. The van der Waals surface area contributed by atoms with Gasteiger partial charge in [0.25, 0.3) is 0 Å². The molecule has 1 fully saturated rings. The minimum absolute atomic E-state index is 0.346. The molecule has 0 amide bonds. The van der Waals surface area contributed by atoms with Gasteiger partial charge in [-0.1, -0.05) is 11.6 Å². The number of likely N-dealkylation sites (N-methyl/N-ethyl adjacent to an activating group) is 1. The SMILES string of the molecule is CNC(C=C(C)C)C1CSCCO1. The van der Waals surface area contributed by atoms with Gasteiger partial charge in [0.1, 0.15) is 0 Å². The van der Waals surface area contributed by atoms with Crippen molar-refractivity contribution < 1.29 is 4.74 Å². The summed E-state index contributed by atoms with van der Waals surface area (Å²) in [7, 11) is 1.99. The van der Waals surface area contributed by atoms with E-state index in [1.54, 1.807) is 0 Å². The first-order valence-corrected chi connectivity index (χ1v) is 5.91. The maximum absolute atomic E-state index is 5.70. The predicted octanol–water partition coefficient (Wildman–Crippen LogP) is 1.67. The van der Waals surface area contributed by atoms with Crippen LogP contribution in [0, 0.1) is 0 Å². The fraction of sp³-hybridized carbons (Fsp3) is 0.800. The second-order valence-corrected chi connectivity index (χ2v) is 4.69. The van der Waals surface area contributed by atoms with E-state index < -0.39 is 0 Å². The van der Waals surface area contributed by atoms with E-state index in [-0.39, 0.29) is 0 Å². The molecule has 76 valence electrons. The normalized spacial score (nSPS) is 25.3. The summed E-state index contributed by atoms with van der Waals surface area (Å²) in [6.45, 7) is 5.14. The number of hydrogen-bond acceptors (Lipinski definition) is 3. The Morgan fingerprint density at radius 1 is 1.62 bits per heavy atom. The molecular formula is C10H19NOS. The molecule has 1 heterocycles. The van der Waals surface area contributed by atoms with E-state index in [2.05, 4.69) is 25.2 Å².